The number of hydroxylamine groups is 1. The zero-order chi connectivity index (χ0) is 20.9. The molecule has 0 radical (unpaired) electrons. The number of amides is 1. The molecule has 28 heavy (non-hydrogen) atoms. The maximum atomic E-state index is 13.2. The molecule has 8 nitrogen and oxygen atoms in total. The summed E-state index contributed by atoms with van der Waals surface area (Å²) in [7, 11) is -4.00. The third-order valence-corrected chi connectivity index (χ3v) is 7.52. The monoisotopic (exact) mass is 447 g/mol. The highest BCUT2D eigenvalue weighted by Gasteiger charge is 2.49. The van der Waals surface area contributed by atoms with Gasteiger partial charge in [0.25, 0.3) is 5.91 Å². The number of carbonyl (C=O) groups is 1. The van der Waals surface area contributed by atoms with Crippen molar-refractivity contribution in [1.29, 1.82) is 0 Å². The number of rotatable bonds is 5. The second kappa shape index (κ2) is 9.35. The van der Waals surface area contributed by atoms with Crippen molar-refractivity contribution in [3.8, 4) is 17.6 Å². The molecular weight excluding hydrogens is 426 g/mol. The summed E-state index contributed by atoms with van der Waals surface area (Å²) >= 11 is 6.85. The normalized spacial score (nSPS) is 19.4. The zero-order valence-corrected chi connectivity index (χ0v) is 17.9. The zero-order valence-electron chi connectivity index (χ0n) is 15.5. The van der Waals surface area contributed by atoms with Gasteiger partial charge in [0, 0.05) is 28.8 Å². The molecule has 0 spiro atoms. The van der Waals surface area contributed by atoms with E-state index in [0.717, 1.165) is 4.31 Å². The second-order valence-corrected chi connectivity index (χ2v) is 10.3. The van der Waals surface area contributed by atoms with E-state index in [0.29, 0.717) is 11.5 Å². The average molecular weight is 448 g/mol. The van der Waals surface area contributed by atoms with Crippen molar-refractivity contribution in [1.82, 2.24) is 8.89 Å². The molecule has 1 heterocycles. The lowest BCUT2D eigenvalue weighted by Crippen LogP contribution is -2.60. The molecule has 1 fully saturated rings. The molecule has 11 heteroatoms. The molecule has 1 aromatic carbocycles. The van der Waals surface area contributed by atoms with Gasteiger partial charge < -0.3 is 10.5 Å². The molecule has 1 aliphatic rings. The van der Waals surface area contributed by atoms with Crippen LogP contribution >= 0.6 is 23.5 Å². The quantitative estimate of drug-likeness (QED) is 0.302. The minimum atomic E-state index is -4.00. The number of sulfonamides is 1. The first-order valence-corrected chi connectivity index (χ1v) is 11.1. The third-order valence-electron chi connectivity index (χ3n) is 4.12. The topological polar surface area (TPSA) is 113 Å². The molecular formula is C17H22ClN3O5S2. The van der Waals surface area contributed by atoms with E-state index < -0.39 is 26.7 Å². The van der Waals surface area contributed by atoms with Gasteiger partial charge in [-0.05, 0) is 38.1 Å². The van der Waals surface area contributed by atoms with Crippen molar-refractivity contribution >= 4 is 39.5 Å². The summed E-state index contributed by atoms with van der Waals surface area (Å²) in [6.45, 7) is 3.96. The van der Waals surface area contributed by atoms with Gasteiger partial charge in [0.1, 0.15) is 18.4 Å². The molecule has 0 bridgehead atoms. The standard InChI is InChI=1S/C17H22ClN3O5S2/c1-17(2)15(16(22)21(18)23)20(10-12-27-17)28(24,25)14-7-5-13(6-8-14)26-11-4-3-9-19/h5-8,15,23H,9-12,19H2,1-2H3. The van der Waals surface area contributed by atoms with Crippen molar-refractivity contribution in [3.63, 3.8) is 0 Å². The van der Waals surface area contributed by atoms with Crippen LogP contribution in [0, 0.1) is 11.8 Å². The summed E-state index contributed by atoms with van der Waals surface area (Å²) in [5.74, 6) is 5.43. The molecule has 1 atom stereocenters. The minimum absolute atomic E-state index is 0.00690. The first-order valence-electron chi connectivity index (χ1n) is 8.34. The number of ether oxygens (including phenoxy) is 1. The van der Waals surface area contributed by atoms with E-state index in [2.05, 4.69) is 11.8 Å². The van der Waals surface area contributed by atoms with E-state index >= 15 is 0 Å². The first kappa shape index (κ1) is 22.8. The molecule has 1 amide bonds. The highest BCUT2D eigenvalue weighted by molar-refractivity contribution is 8.00. The lowest BCUT2D eigenvalue weighted by molar-refractivity contribution is -0.151. The fourth-order valence-corrected chi connectivity index (χ4v) is 6.01. The fraction of sp³-hybridized carbons (Fsp3) is 0.471. The molecule has 2 rings (SSSR count). The highest BCUT2D eigenvalue weighted by atomic mass is 35.5. The number of thioether (sulfide) groups is 1. The van der Waals surface area contributed by atoms with Crippen LogP contribution in [0.1, 0.15) is 13.8 Å². The fourth-order valence-electron chi connectivity index (χ4n) is 2.82. The van der Waals surface area contributed by atoms with E-state index in [1.54, 1.807) is 13.8 Å². The van der Waals surface area contributed by atoms with Gasteiger partial charge in [-0.3, -0.25) is 10.0 Å². The van der Waals surface area contributed by atoms with Crippen molar-refractivity contribution in [3.05, 3.63) is 24.3 Å². The SMILES string of the molecule is CC1(C)SCCN(S(=O)(=O)c2ccc(OCC#CCN)cc2)C1C(=O)N(O)Cl. The Kier molecular flexibility index (Phi) is 7.61. The van der Waals surface area contributed by atoms with E-state index in [4.69, 9.17) is 22.2 Å². The summed E-state index contributed by atoms with van der Waals surface area (Å²) in [4.78, 5) is 12.4. The summed E-state index contributed by atoms with van der Waals surface area (Å²) in [5, 5.41) is 9.40. The Balaban J connectivity index is 2.29. The van der Waals surface area contributed by atoms with Crippen LogP contribution in [0.25, 0.3) is 0 Å². The molecule has 1 saturated heterocycles. The summed E-state index contributed by atoms with van der Waals surface area (Å²) in [5.41, 5.74) is 5.26. The van der Waals surface area contributed by atoms with Crippen LogP contribution in [-0.4, -0.2) is 64.7 Å². The Morgan fingerprint density at radius 3 is 2.64 bits per heavy atom. The predicted octanol–water partition coefficient (Wildman–Crippen LogP) is 1.28. The van der Waals surface area contributed by atoms with Crippen LogP contribution in [0.4, 0.5) is 0 Å². The lowest BCUT2D eigenvalue weighted by atomic mass is 10.0. The van der Waals surface area contributed by atoms with E-state index in [1.807, 2.05) is 0 Å². The number of nitrogens with two attached hydrogens (primary N) is 1. The molecule has 154 valence electrons. The van der Waals surface area contributed by atoms with Gasteiger partial charge in [-0.2, -0.15) is 16.1 Å². The molecule has 1 unspecified atom stereocenters. The van der Waals surface area contributed by atoms with Crippen LogP contribution < -0.4 is 10.5 Å². The number of halogens is 1. The number of nitrogens with zero attached hydrogens (tertiary/aromatic N) is 2. The maximum absolute atomic E-state index is 13.2. The van der Waals surface area contributed by atoms with Crippen molar-refractivity contribution < 1.29 is 23.2 Å². The molecule has 1 aliphatic heterocycles. The van der Waals surface area contributed by atoms with Crippen LogP contribution in [0.2, 0.25) is 0 Å². The summed E-state index contributed by atoms with van der Waals surface area (Å²) in [6.07, 6.45) is 0. The lowest BCUT2D eigenvalue weighted by Gasteiger charge is -2.43. The Bertz CT molecular complexity index is 863. The third kappa shape index (κ3) is 5.11. The second-order valence-electron chi connectivity index (χ2n) is 6.39. The first-order chi connectivity index (χ1) is 13.1. The van der Waals surface area contributed by atoms with Gasteiger partial charge in [-0.25, -0.2) is 8.42 Å². The van der Waals surface area contributed by atoms with Gasteiger partial charge in [0.2, 0.25) is 10.0 Å². The number of benzene rings is 1. The van der Waals surface area contributed by atoms with Crippen molar-refractivity contribution in [2.45, 2.75) is 29.5 Å². The molecule has 3 N–H and O–H groups in total. The van der Waals surface area contributed by atoms with Crippen LogP contribution in [-0.2, 0) is 14.8 Å². The van der Waals surface area contributed by atoms with Crippen LogP contribution in [0.15, 0.2) is 29.2 Å². The van der Waals surface area contributed by atoms with Crippen molar-refractivity contribution in [2.24, 2.45) is 5.73 Å². The maximum Gasteiger partial charge on any atom is 0.281 e. The largest absolute Gasteiger partial charge is 0.481 e. The Hall–Kier alpha value is -1.48. The number of hydrogen-bond acceptors (Lipinski definition) is 7. The number of carbonyl (C=O) groups excluding carboxylic acids is 1. The molecule has 1 aromatic rings. The van der Waals surface area contributed by atoms with Gasteiger partial charge in [0.15, 0.2) is 0 Å². The van der Waals surface area contributed by atoms with Gasteiger partial charge in [0.05, 0.1) is 11.4 Å². The molecule has 0 aromatic heterocycles. The van der Waals surface area contributed by atoms with Crippen LogP contribution in [0.3, 0.4) is 0 Å². The predicted molar refractivity (Wildman–Crippen MR) is 107 cm³/mol. The van der Waals surface area contributed by atoms with Gasteiger partial charge >= 0.3 is 0 Å². The van der Waals surface area contributed by atoms with E-state index in [9.17, 15) is 18.4 Å². The Morgan fingerprint density at radius 1 is 1.43 bits per heavy atom. The summed E-state index contributed by atoms with van der Waals surface area (Å²) < 4.78 is 32.0. The molecule has 0 aliphatic carbocycles. The highest BCUT2D eigenvalue weighted by Crippen LogP contribution is 2.39. The van der Waals surface area contributed by atoms with Crippen LogP contribution in [0.5, 0.6) is 5.75 Å². The van der Waals surface area contributed by atoms with Gasteiger partial charge in [-0.15, -0.1) is 4.58 Å². The Morgan fingerprint density at radius 2 is 2.07 bits per heavy atom. The number of hydrogen-bond donors (Lipinski definition) is 2. The van der Waals surface area contributed by atoms with E-state index in [-0.39, 0.29) is 29.2 Å². The van der Waals surface area contributed by atoms with E-state index in [1.165, 1.54) is 36.0 Å². The summed E-state index contributed by atoms with van der Waals surface area (Å²) in [6, 6.07) is 4.67. The smallest absolute Gasteiger partial charge is 0.281 e. The Labute approximate surface area is 174 Å². The van der Waals surface area contributed by atoms with Gasteiger partial charge in [-0.1, -0.05) is 11.8 Å². The van der Waals surface area contributed by atoms with Crippen molar-refractivity contribution in [2.75, 3.05) is 25.4 Å². The minimum Gasteiger partial charge on any atom is -0.481 e. The molecule has 0 saturated carbocycles. The average Bonchev–Trinajstić information content (AvgIpc) is 2.64.